The maximum absolute atomic E-state index is 10.7. The SMILES string of the molecule is CC(CC(N)=O)Nc1cc(C(C)C)ncn1. The van der Waals surface area contributed by atoms with Gasteiger partial charge in [0.25, 0.3) is 0 Å². The van der Waals surface area contributed by atoms with Crippen LogP contribution in [0.25, 0.3) is 0 Å². The second-order valence-electron chi connectivity index (χ2n) is 4.20. The van der Waals surface area contributed by atoms with E-state index >= 15 is 0 Å². The van der Waals surface area contributed by atoms with Gasteiger partial charge in [0.2, 0.25) is 5.91 Å². The summed E-state index contributed by atoms with van der Waals surface area (Å²) in [6.45, 7) is 6.03. The number of amides is 1. The Morgan fingerprint density at radius 2 is 2.12 bits per heavy atom. The van der Waals surface area contributed by atoms with Crippen molar-refractivity contribution in [1.29, 1.82) is 0 Å². The lowest BCUT2D eigenvalue weighted by Gasteiger charge is -2.13. The Labute approximate surface area is 95.5 Å². The molecule has 1 unspecified atom stereocenters. The van der Waals surface area contributed by atoms with Crippen molar-refractivity contribution in [3.8, 4) is 0 Å². The van der Waals surface area contributed by atoms with E-state index in [1.165, 1.54) is 6.33 Å². The molecule has 0 aliphatic carbocycles. The third-order valence-corrected chi connectivity index (χ3v) is 2.18. The van der Waals surface area contributed by atoms with E-state index in [2.05, 4.69) is 29.1 Å². The van der Waals surface area contributed by atoms with Crippen molar-refractivity contribution >= 4 is 11.7 Å². The summed E-state index contributed by atoms with van der Waals surface area (Å²) in [5.41, 5.74) is 6.09. The summed E-state index contributed by atoms with van der Waals surface area (Å²) in [5, 5.41) is 3.12. The first-order valence-corrected chi connectivity index (χ1v) is 5.35. The van der Waals surface area contributed by atoms with Crippen LogP contribution < -0.4 is 11.1 Å². The molecule has 1 rings (SSSR count). The van der Waals surface area contributed by atoms with Crippen molar-refractivity contribution in [3.63, 3.8) is 0 Å². The minimum Gasteiger partial charge on any atom is -0.370 e. The molecule has 5 nitrogen and oxygen atoms in total. The molecule has 5 heteroatoms. The molecule has 1 aromatic rings. The van der Waals surface area contributed by atoms with Crippen molar-refractivity contribution in [3.05, 3.63) is 18.1 Å². The van der Waals surface area contributed by atoms with Gasteiger partial charge in [-0.25, -0.2) is 9.97 Å². The van der Waals surface area contributed by atoms with E-state index in [4.69, 9.17) is 5.73 Å². The number of nitrogens with one attached hydrogen (secondary N) is 1. The molecule has 1 heterocycles. The minimum absolute atomic E-state index is 0.0209. The van der Waals surface area contributed by atoms with Crippen molar-refractivity contribution in [2.75, 3.05) is 5.32 Å². The van der Waals surface area contributed by atoms with E-state index in [1.54, 1.807) is 0 Å². The van der Waals surface area contributed by atoms with Gasteiger partial charge in [0, 0.05) is 24.2 Å². The standard InChI is InChI=1S/C11H18N4O/c1-7(2)9-5-11(14-6-13-9)15-8(3)4-10(12)16/h5-8H,4H2,1-3H3,(H2,12,16)(H,13,14,15). The van der Waals surface area contributed by atoms with Crippen LogP contribution in [0.2, 0.25) is 0 Å². The third-order valence-electron chi connectivity index (χ3n) is 2.18. The van der Waals surface area contributed by atoms with Crippen molar-refractivity contribution in [1.82, 2.24) is 9.97 Å². The Kier molecular flexibility index (Phi) is 4.22. The van der Waals surface area contributed by atoms with Gasteiger partial charge in [0.05, 0.1) is 0 Å². The van der Waals surface area contributed by atoms with E-state index in [0.717, 1.165) is 11.5 Å². The lowest BCUT2D eigenvalue weighted by atomic mass is 10.1. The number of anilines is 1. The minimum atomic E-state index is -0.321. The van der Waals surface area contributed by atoms with Crippen molar-refractivity contribution in [2.45, 2.75) is 39.2 Å². The van der Waals surface area contributed by atoms with Gasteiger partial charge in [-0.1, -0.05) is 13.8 Å². The molecule has 0 aliphatic heterocycles. The van der Waals surface area contributed by atoms with Gasteiger partial charge in [-0.15, -0.1) is 0 Å². The number of hydrogen-bond acceptors (Lipinski definition) is 4. The van der Waals surface area contributed by atoms with Crippen LogP contribution in [0.15, 0.2) is 12.4 Å². The van der Waals surface area contributed by atoms with Gasteiger partial charge < -0.3 is 11.1 Å². The first-order valence-electron chi connectivity index (χ1n) is 5.35. The van der Waals surface area contributed by atoms with E-state index in [1.807, 2.05) is 13.0 Å². The number of rotatable bonds is 5. The van der Waals surface area contributed by atoms with Gasteiger partial charge in [-0.05, 0) is 12.8 Å². The Morgan fingerprint density at radius 1 is 1.44 bits per heavy atom. The topological polar surface area (TPSA) is 80.9 Å². The summed E-state index contributed by atoms with van der Waals surface area (Å²) >= 11 is 0. The molecule has 1 amide bonds. The lowest BCUT2D eigenvalue weighted by molar-refractivity contribution is -0.118. The summed E-state index contributed by atoms with van der Waals surface area (Å²) in [4.78, 5) is 19.0. The van der Waals surface area contributed by atoms with Crippen LogP contribution in [0.4, 0.5) is 5.82 Å². The number of carbonyl (C=O) groups is 1. The molecular formula is C11H18N4O. The van der Waals surface area contributed by atoms with Gasteiger partial charge in [-0.2, -0.15) is 0 Å². The Bertz CT molecular complexity index is 365. The summed E-state index contributed by atoms with van der Waals surface area (Å²) in [6, 6.07) is 1.87. The number of aromatic nitrogens is 2. The zero-order valence-corrected chi connectivity index (χ0v) is 9.90. The van der Waals surface area contributed by atoms with Gasteiger partial charge in [-0.3, -0.25) is 4.79 Å². The molecule has 88 valence electrons. The molecule has 0 bridgehead atoms. The molecule has 16 heavy (non-hydrogen) atoms. The molecule has 0 spiro atoms. The van der Waals surface area contributed by atoms with E-state index in [-0.39, 0.29) is 11.9 Å². The first-order chi connectivity index (χ1) is 7.49. The highest BCUT2D eigenvalue weighted by atomic mass is 16.1. The predicted octanol–water partition coefficient (Wildman–Crippen LogP) is 1.28. The summed E-state index contributed by atoms with van der Waals surface area (Å²) in [6.07, 6.45) is 1.82. The number of nitrogens with two attached hydrogens (primary N) is 1. The molecule has 0 saturated heterocycles. The number of primary amides is 1. The molecule has 1 atom stereocenters. The molecule has 0 fully saturated rings. The number of hydrogen-bond donors (Lipinski definition) is 2. The van der Waals surface area contributed by atoms with Crippen LogP contribution in [0.3, 0.4) is 0 Å². The van der Waals surface area contributed by atoms with E-state index in [9.17, 15) is 4.79 Å². The van der Waals surface area contributed by atoms with Crippen LogP contribution in [-0.2, 0) is 4.79 Å². The molecular weight excluding hydrogens is 204 g/mol. The Morgan fingerprint density at radius 3 is 2.69 bits per heavy atom. The number of carbonyl (C=O) groups excluding carboxylic acids is 1. The fraction of sp³-hybridized carbons (Fsp3) is 0.545. The Balaban J connectivity index is 2.66. The molecule has 0 saturated carbocycles. The third kappa shape index (κ3) is 3.84. The average Bonchev–Trinajstić information content (AvgIpc) is 2.16. The van der Waals surface area contributed by atoms with Gasteiger partial charge >= 0.3 is 0 Å². The molecule has 1 aromatic heterocycles. The van der Waals surface area contributed by atoms with Gasteiger partial charge in [0.1, 0.15) is 12.1 Å². The maximum atomic E-state index is 10.7. The Hall–Kier alpha value is -1.65. The van der Waals surface area contributed by atoms with Crippen LogP contribution in [0, 0.1) is 0 Å². The quantitative estimate of drug-likeness (QED) is 0.786. The molecule has 3 N–H and O–H groups in total. The van der Waals surface area contributed by atoms with Gasteiger partial charge in [0.15, 0.2) is 0 Å². The van der Waals surface area contributed by atoms with Crippen molar-refractivity contribution < 1.29 is 4.79 Å². The zero-order chi connectivity index (χ0) is 12.1. The highest BCUT2D eigenvalue weighted by Crippen LogP contribution is 2.14. The second kappa shape index (κ2) is 5.44. The second-order valence-corrected chi connectivity index (χ2v) is 4.20. The fourth-order valence-corrected chi connectivity index (χ4v) is 1.37. The average molecular weight is 222 g/mol. The first kappa shape index (κ1) is 12.4. The highest BCUT2D eigenvalue weighted by molar-refractivity contribution is 5.74. The number of nitrogens with zero attached hydrogens (tertiary/aromatic N) is 2. The monoisotopic (exact) mass is 222 g/mol. The predicted molar refractivity (Wildman–Crippen MR) is 63.0 cm³/mol. The van der Waals surface area contributed by atoms with E-state index < -0.39 is 0 Å². The summed E-state index contributed by atoms with van der Waals surface area (Å²) in [5.74, 6) is 0.764. The van der Waals surface area contributed by atoms with E-state index in [0.29, 0.717) is 12.3 Å². The normalized spacial score (nSPS) is 12.5. The largest absolute Gasteiger partial charge is 0.370 e. The summed E-state index contributed by atoms with van der Waals surface area (Å²) < 4.78 is 0. The molecule has 0 aromatic carbocycles. The van der Waals surface area contributed by atoms with Crippen LogP contribution in [0.5, 0.6) is 0 Å². The highest BCUT2D eigenvalue weighted by Gasteiger charge is 2.08. The molecule has 0 radical (unpaired) electrons. The molecule has 0 aliphatic rings. The summed E-state index contributed by atoms with van der Waals surface area (Å²) in [7, 11) is 0. The van der Waals surface area contributed by atoms with Crippen LogP contribution in [-0.4, -0.2) is 21.9 Å². The smallest absolute Gasteiger partial charge is 0.219 e. The maximum Gasteiger partial charge on any atom is 0.219 e. The van der Waals surface area contributed by atoms with Crippen LogP contribution >= 0.6 is 0 Å². The zero-order valence-electron chi connectivity index (χ0n) is 9.90. The van der Waals surface area contributed by atoms with Crippen LogP contribution in [0.1, 0.15) is 38.8 Å². The van der Waals surface area contributed by atoms with Crippen molar-refractivity contribution in [2.24, 2.45) is 5.73 Å². The fourth-order valence-electron chi connectivity index (χ4n) is 1.37. The lowest BCUT2D eigenvalue weighted by Crippen LogP contribution is -2.24.